The Hall–Kier alpha value is -3.16. The highest BCUT2D eigenvalue weighted by Gasteiger charge is 2.22. The van der Waals surface area contributed by atoms with E-state index in [-0.39, 0.29) is 6.61 Å². The highest BCUT2D eigenvalue weighted by atomic mass is 16.5. The molecule has 3 heterocycles. The molecule has 166 valence electrons. The molecular formula is C25H27N3O4. The minimum absolute atomic E-state index is 0.220. The highest BCUT2D eigenvalue weighted by molar-refractivity contribution is 5.87. The number of hydrogen-bond donors (Lipinski definition) is 1. The first-order valence-electron chi connectivity index (χ1n) is 11.1. The Balaban J connectivity index is 1.17. The van der Waals surface area contributed by atoms with Crippen LogP contribution in [0.25, 0.3) is 22.6 Å². The fraction of sp³-hybridized carbons (Fsp3) is 0.360. The van der Waals surface area contributed by atoms with Crippen LogP contribution >= 0.6 is 0 Å². The molecule has 2 aromatic heterocycles. The van der Waals surface area contributed by atoms with E-state index in [1.807, 2.05) is 24.3 Å². The van der Waals surface area contributed by atoms with Crippen LogP contribution in [0.15, 0.2) is 63.4 Å². The number of aromatic nitrogens is 2. The van der Waals surface area contributed by atoms with E-state index in [1.165, 1.54) is 5.56 Å². The molecular weight excluding hydrogens is 406 g/mol. The number of benzene rings is 2. The predicted octanol–water partition coefficient (Wildman–Crippen LogP) is 4.41. The predicted molar refractivity (Wildman–Crippen MR) is 121 cm³/mol. The molecule has 0 aliphatic carbocycles. The van der Waals surface area contributed by atoms with Crippen LogP contribution in [0.2, 0.25) is 0 Å². The third-order valence-electron chi connectivity index (χ3n) is 6.02. The Kier molecular flexibility index (Phi) is 5.92. The van der Waals surface area contributed by atoms with Gasteiger partial charge in [0.25, 0.3) is 5.89 Å². The summed E-state index contributed by atoms with van der Waals surface area (Å²) >= 11 is 0. The van der Waals surface area contributed by atoms with Gasteiger partial charge in [0.1, 0.15) is 24.0 Å². The van der Waals surface area contributed by atoms with E-state index in [0.29, 0.717) is 41.3 Å². The second kappa shape index (κ2) is 9.14. The van der Waals surface area contributed by atoms with Crippen molar-refractivity contribution in [2.24, 2.45) is 0 Å². The van der Waals surface area contributed by atoms with E-state index in [4.69, 9.17) is 13.6 Å². The monoisotopic (exact) mass is 433 g/mol. The van der Waals surface area contributed by atoms with Gasteiger partial charge in [-0.3, -0.25) is 0 Å². The minimum Gasteiger partial charge on any atom is -0.490 e. The number of fused-ring (bicyclic) bond motifs is 1. The first kappa shape index (κ1) is 20.7. The molecule has 5 rings (SSSR count). The maximum atomic E-state index is 10.6. The Morgan fingerprint density at radius 1 is 1.06 bits per heavy atom. The number of aliphatic hydroxyl groups excluding tert-OH is 1. The molecule has 1 atom stereocenters. The van der Waals surface area contributed by atoms with E-state index in [9.17, 15) is 5.11 Å². The van der Waals surface area contributed by atoms with Crippen molar-refractivity contribution in [3.63, 3.8) is 0 Å². The van der Waals surface area contributed by atoms with Crippen LogP contribution in [0.5, 0.6) is 5.75 Å². The van der Waals surface area contributed by atoms with Crippen LogP contribution in [-0.4, -0.2) is 52.5 Å². The van der Waals surface area contributed by atoms with Gasteiger partial charge in [-0.2, -0.15) is 0 Å². The molecule has 2 aromatic carbocycles. The summed E-state index contributed by atoms with van der Waals surface area (Å²) in [5, 5.41) is 19.2. The first-order chi connectivity index (χ1) is 15.7. The summed E-state index contributed by atoms with van der Waals surface area (Å²) in [6.45, 7) is 4.54. The van der Waals surface area contributed by atoms with E-state index in [2.05, 4.69) is 45.4 Å². The molecule has 1 aliphatic heterocycles. The van der Waals surface area contributed by atoms with Crippen molar-refractivity contribution < 1.29 is 18.7 Å². The number of likely N-dealkylation sites (tertiary alicyclic amines) is 1. The lowest BCUT2D eigenvalue weighted by atomic mass is 9.89. The first-order valence-corrected chi connectivity index (χ1v) is 11.1. The van der Waals surface area contributed by atoms with Crippen LogP contribution in [0.1, 0.15) is 30.2 Å². The Labute approximate surface area is 186 Å². The molecule has 32 heavy (non-hydrogen) atoms. The smallest absolute Gasteiger partial charge is 0.283 e. The SMILES string of the molecule is Cc1nnc(-c2cc3c(OC[C@@H](O)CN4CCC(c5ccccc5)CC4)cccc3o2)o1. The molecule has 0 saturated carbocycles. The number of aryl methyl sites for hydroxylation is 1. The molecule has 1 N–H and O–H groups in total. The zero-order chi connectivity index (χ0) is 21.9. The van der Waals surface area contributed by atoms with Crippen molar-refractivity contribution >= 4 is 11.0 Å². The lowest BCUT2D eigenvalue weighted by molar-refractivity contribution is 0.0599. The van der Waals surface area contributed by atoms with Crippen LogP contribution in [0.4, 0.5) is 0 Å². The zero-order valence-electron chi connectivity index (χ0n) is 18.1. The van der Waals surface area contributed by atoms with E-state index < -0.39 is 6.10 Å². The van der Waals surface area contributed by atoms with Gasteiger partial charge in [-0.25, -0.2) is 0 Å². The fourth-order valence-corrected chi connectivity index (χ4v) is 4.37. The maximum Gasteiger partial charge on any atom is 0.283 e. The Morgan fingerprint density at radius 2 is 1.88 bits per heavy atom. The summed E-state index contributed by atoms with van der Waals surface area (Å²) in [4.78, 5) is 2.32. The zero-order valence-corrected chi connectivity index (χ0v) is 18.1. The number of hydrogen-bond acceptors (Lipinski definition) is 7. The molecule has 0 radical (unpaired) electrons. The summed E-state index contributed by atoms with van der Waals surface area (Å²) < 4.78 is 17.3. The van der Waals surface area contributed by atoms with Gasteiger partial charge in [-0.1, -0.05) is 36.4 Å². The lowest BCUT2D eigenvalue weighted by Gasteiger charge is -2.33. The number of ether oxygens (including phenoxy) is 1. The second-order valence-corrected chi connectivity index (χ2v) is 8.36. The lowest BCUT2D eigenvalue weighted by Crippen LogP contribution is -2.40. The standard InChI is InChI=1S/C25H27N3O4/c1-17-26-27-25(31-17)24-14-21-22(8-5-9-23(21)32-24)30-16-20(29)15-28-12-10-19(11-13-28)18-6-3-2-4-7-18/h2-9,14,19-20,29H,10-13,15-16H2,1H3/t20-/m0/s1. The molecule has 1 fully saturated rings. The largest absolute Gasteiger partial charge is 0.490 e. The van der Waals surface area contributed by atoms with Gasteiger partial charge in [0.05, 0.1) is 5.39 Å². The molecule has 1 aliphatic rings. The molecule has 4 aromatic rings. The van der Waals surface area contributed by atoms with Crippen molar-refractivity contribution in [1.82, 2.24) is 15.1 Å². The minimum atomic E-state index is -0.566. The number of aliphatic hydroxyl groups is 1. The molecule has 0 unspecified atom stereocenters. The van der Waals surface area contributed by atoms with Crippen LogP contribution < -0.4 is 4.74 Å². The summed E-state index contributed by atoms with van der Waals surface area (Å²) in [5.41, 5.74) is 2.09. The molecule has 7 nitrogen and oxygen atoms in total. The normalized spacial score (nSPS) is 16.4. The van der Waals surface area contributed by atoms with Gasteiger partial charge in [0.2, 0.25) is 5.89 Å². The topological polar surface area (TPSA) is 84.8 Å². The summed E-state index contributed by atoms with van der Waals surface area (Å²) in [6.07, 6.45) is 1.66. The van der Waals surface area contributed by atoms with Gasteiger partial charge in [0.15, 0.2) is 5.76 Å². The van der Waals surface area contributed by atoms with E-state index in [0.717, 1.165) is 31.3 Å². The van der Waals surface area contributed by atoms with Gasteiger partial charge < -0.3 is 23.6 Å². The van der Waals surface area contributed by atoms with Gasteiger partial charge in [-0.15, -0.1) is 10.2 Å². The van der Waals surface area contributed by atoms with E-state index >= 15 is 0 Å². The Morgan fingerprint density at radius 3 is 2.62 bits per heavy atom. The second-order valence-electron chi connectivity index (χ2n) is 8.36. The molecule has 0 bridgehead atoms. The molecule has 1 saturated heterocycles. The van der Waals surface area contributed by atoms with Gasteiger partial charge in [-0.05, 0) is 49.5 Å². The number of rotatable bonds is 7. The quantitative estimate of drug-likeness (QED) is 0.462. The van der Waals surface area contributed by atoms with Crippen molar-refractivity contribution in [2.75, 3.05) is 26.2 Å². The van der Waals surface area contributed by atoms with Crippen molar-refractivity contribution in [3.8, 4) is 17.4 Å². The number of furan rings is 1. The van der Waals surface area contributed by atoms with Crippen LogP contribution in [0.3, 0.4) is 0 Å². The Bertz CT molecular complexity index is 1160. The van der Waals surface area contributed by atoms with Crippen molar-refractivity contribution in [1.29, 1.82) is 0 Å². The third-order valence-corrected chi connectivity index (χ3v) is 6.02. The number of piperidine rings is 1. The number of nitrogens with zero attached hydrogens (tertiary/aromatic N) is 3. The summed E-state index contributed by atoms with van der Waals surface area (Å²) in [5.74, 6) is 2.59. The molecule has 7 heteroatoms. The summed E-state index contributed by atoms with van der Waals surface area (Å²) in [7, 11) is 0. The van der Waals surface area contributed by atoms with Crippen LogP contribution in [0, 0.1) is 6.92 Å². The maximum absolute atomic E-state index is 10.6. The van der Waals surface area contributed by atoms with Crippen molar-refractivity contribution in [2.45, 2.75) is 31.8 Å². The summed E-state index contributed by atoms with van der Waals surface area (Å²) in [6, 6.07) is 18.1. The van der Waals surface area contributed by atoms with E-state index in [1.54, 1.807) is 6.92 Å². The van der Waals surface area contributed by atoms with Crippen molar-refractivity contribution in [3.05, 3.63) is 66.1 Å². The highest BCUT2D eigenvalue weighted by Crippen LogP contribution is 2.33. The van der Waals surface area contributed by atoms with Gasteiger partial charge >= 0.3 is 0 Å². The third kappa shape index (κ3) is 4.54. The van der Waals surface area contributed by atoms with Gasteiger partial charge in [0, 0.05) is 19.5 Å². The average molecular weight is 434 g/mol. The molecule has 0 spiro atoms. The average Bonchev–Trinajstić information content (AvgIpc) is 3.45. The fourth-order valence-electron chi connectivity index (χ4n) is 4.37. The number of β-amino-alcohol motifs (C(OH)–C–C–N with tert-alkyl or cyclic N) is 1. The molecule has 0 amide bonds. The van der Waals surface area contributed by atoms with Crippen LogP contribution in [-0.2, 0) is 0 Å².